The van der Waals surface area contributed by atoms with Gasteiger partial charge in [0.2, 0.25) is 0 Å². The Kier molecular flexibility index (Phi) is 4.22. The van der Waals surface area contributed by atoms with Crippen LogP contribution in [0.3, 0.4) is 0 Å². The summed E-state index contributed by atoms with van der Waals surface area (Å²) >= 11 is 0. The normalized spacial score (nSPS) is 19.9. The van der Waals surface area contributed by atoms with Crippen LogP contribution in [0.25, 0.3) is 28.2 Å². The van der Waals surface area contributed by atoms with E-state index >= 15 is 0 Å². The van der Waals surface area contributed by atoms with E-state index in [1.807, 2.05) is 0 Å². The number of nitrogens with zero attached hydrogens (tertiary/aromatic N) is 3. The number of hydrogen-bond donors (Lipinski definition) is 0. The van der Waals surface area contributed by atoms with Gasteiger partial charge in [0.25, 0.3) is 0 Å². The summed E-state index contributed by atoms with van der Waals surface area (Å²) in [7, 11) is 0. The van der Waals surface area contributed by atoms with Crippen LogP contribution in [-0.2, 0) is 11.8 Å². The molecule has 4 aromatic rings. The quantitative estimate of drug-likeness (QED) is 0.312. The van der Waals surface area contributed by atoms with E-state index in [1.54, 1.807) is 60.7 Å². The first-order valence-corrected chi connectivity index (χ1v) is 9.48. The minimum Gasteiger partial charge on any atom is -0.291 e. The van der Waals surface area contributed by atoms with E-state index in [1.165, 1.54) is 4.57 Å². The number of pyridine rings is 1. The van der Waals surface area contributed by atoms with Crippen molar-refractivity contribution in [2.75, 3.05) is 0 Å². The third-order valence-electron chi connectivity index (χ3n) is 5.51. The predicted molar refractivity (Wildman–Crippen MR) is 102 cm³/mol. The molecule has 0 spiro atoms. The Labute approximate surface area is 180 Å². The number of imidazole rings is 1. The lowest BCUT2D eigenvalue weighted by Crippen LogP contribution is -2.64. The number of halogens is 8. The molecule has 0 radical (unpaired) electrons. The first-order chi connectivity index (χ1) is 15.4. The van der Waals surface area contributed by atoms with Gasteiger partial charge in [-0.15, -0.1) is 0 Å². The molecule has 3 nitrogen and oxygen atoms in total. The zero-order valence-electron chi connectivity index (χ0n) is 16.2. The van der Waals surface area contributed by atoms with Gasteiger partial charge in [0.05, 0.1) is 11.1 Å². The van der Waals surface area contributed by atoms with E-state index in [2.05, 4.69) is 9.97 Å². The average molecular weight is 469 g/mol. The Morgan fingerprint density at radius 3 is 1.79 bits per heavy atom. The van der Waals surface area contributed by atoms with Crippen LogP contribution in [0.5, 0.6) is 0 Å². The van der Waals surface area contributed by atoms with E-state index in [9.17, 15) is 35.1 Å². The zero-order chi connectivity index (χ0) is 23.8. The summed E-state index contributed by atoms with van der Waals surface area (Å²) in [4.78, 5) is 7.39. The minimum absolute atomic E-state index is 0.0665. The molecule has 0 aliphatic heterocycles. The largest absolute Gasteiger partial charge is 0.384 e. The van der Waals surface area contributed by atoms with Gasteiger partial charge in [0.15, 0.2) is 5.65 Å². The Balaban J connectivity index is 1.91. The maximum Gasteiger partial charge on any atom is 0.384 e. The van der Waals surface area contributed by atoms with E-state index < -0.39 is 40.6 Å². The third-order valence-corrected chi connectivity index (χ3v) is 5.51. The standard InChI is InChI=1S/C22H11F8N3/c23-19(24)14-11-15-17(31-16(14)20(25,26)22(29,30)21(19,27)28)32-18(12-7-3-1-4-8-12)33(15)13-9-5-2-6-10-13/h1-11H. The van der Waals surface area contributed by atoms with Crippen molar-refractivity contribution < 1.29 is 35.1 Å². The van der Waals surface area contributed by atoms with Gasteiger partial charge in [-0.1, -0.05) is 48.5 Å². The number of hydrogen-bond acceptors (Lipinski definition) is 2. The third kappa shape index (κ3) is 2.61. The van der Waals surface area contributed by atoms with E-state index in [4.69, 9.17) is 0 Å². The second kappa shape index (κ2) is 6.52. The van der Waals surface area contributed by atoms with Crippen molar-refractivity contribution in [1.29, 1.82) is 0 Å². The fraction of sp³-hybridized carbons (Fsp3) is 0.182. The number of para-hydroxylation sites is 1. The van der Waals surface area contributed by atoms with Crippen molar-refractivity contribution >= 4 is 11.2 Å². The molecule has 33 heavy (non-hydrogen) atoms. The van der Waals surface area contributed by atoms with Gasteiger partial charge >= 0.3 is 23.7 Å². The molecule has 2 heterocycles. The fourth-order valence-corrected chi connectivity index (χ4v) is 3.81. The first kappa shape index (κ1) is 21.4. The van der Waals surface area contributed by atoms with Crippen molar-refractivity contribution in [2.45, 2.75) is 23.7 Å². The van der Waals surface area contributed by atoms with Crippen LogP contribution < -0.4 is 0 Å². The van der Waals surface area contributed by atoms with Gasteiger partial charge in [-0.05, 0) is 18.2 Å². The number of benzene rings is 2. The molecule has 170 valence electrons. The van der Waals surface area contributed by atoms with Crippen molar-refractivity contribution in [3.8, 4) is 17.1 Å². The molecular weight excluding hydrogens is 458 g/mol. The number of rotatable bonds is 2. The van der Waals surface area contributed by atoms with Gasteiger partial charge < -0.3 is 0 Å². The highest BCUT2D eigenvalue weighted by molar-refractivity contribution is 5.82. The van der Waals surface area contributed by atoms with Crippen LogP contribution >= 0.6 is 0 Å². The summed E-state index contributed by atoms with van der Waals surface area (Å²) in [5.74, 6) is -23.9. The molecule has 1 aliphatic carbocycles. The first-order valence-electron chi connectivity index (χ1n) is 9.48. The lowest BCUT2D eigenvalue weighted by molar-refractivity contribution is -0.387. The van der Waals surface area contributed by atoms with E-state index in [0.29, 0.717) is 17.3 Å². The van der Waals surface area contributed by atoms with Gasteiger partial charge in [0.1, 0.15) is 11.5 Å². The van der Waals surface area contributed by atoms with Crippen LogP contribution in [0, 0.1) is 0 Å². The van der Waals surface area contributed by atoms with Crippen LogP contribution in [0.4, 0.5) is 35.1 Å². The number of fused-ring (bicyclic) bond motifs is 2. The highest BCUT2D eigenvalue weighted by Gasteiger charge is 2.86. The summed E-state index contributed by atoms with van der Waals surface area (Å²) in [5.41, 5.74) is -4.25. The second-order valence-corrected chi connectivity index (χ2v) is 7.50. The molecule has 0 saturated heterocycles. The zero-order valence-corrected chi connectivity index (χ0v) is 16.2. The predicted octanol–water partition coefficient (Wildman–Crippen LogP) is 6.56. The Morgan fingerprint density at radius 2 is 1.18 bits per heavy atom. The lowest BCUT2D eigenvalue weighted by Gasteiger charge is -2.41. The van der Waals surface area contributed by atoms with E-state index in [-0.39, 0.29) is 11.3 Å². The van der Waals surface area contributed by atoms with Crippen LogP contribution in [0.15, 0.2) is 66.7 Å². The molecule has 11 heteroatoms. The summed E-state index contributed by atoms with van der Waals surface area (Å²) < 4.78 is 115. The van der Waals surface area contributed by atoms with Crippen molar-refractivity contribution in [3.63, 3.8) is 0 Å². The molecule has 5 rings (SSSR count). The molecule has 0 N–H and O–H groups in total. The summed E-state index contributed by atoms with van der Waals surface area (Å²) in [5, 5.41) is 0. The molecule has 0 amide bonds. The topological polar surface area (TPSA) is 30.7 Å². The van der Waals surface area contributed by atoms with E-state index in [0.717, 1.165) is 0 Å². The highest BCUT2D eigenvalue weighted by Crippen LogP contribution is 2.64. The molecule has 0 saturated carbocycles. The molecule has 2 aromatic heterocycles. The molecule has 0 fully saturated rings. The smallest absolute Gasteiger partial charge is 0.291 e. The maximum absolute atomic E-state index is 14.6. The molecular formula is C22H11F8N3. The summed E-state index contributed by atoms with van der Waals surface area (Å²) in [6, 6.07) is 16.4. The monoisotopic (exact) mass is 469 g/mol. The van der Waals surface area contributed by atoms with Gasteiger partial charge in [0, 0.05) is 11.3 Å². The lowest BCUT2D eigenvalue weighted by atomic mass is 9.83. The second-order valence-electron chi connectivity index (χ2n) is 7.50. The number of alkyl halides is 8. The van der Waals surface area contributed by atoms with Gasteiger partial charge in [-0.3, -0.25) is 4.57 Å². The Hall–Kier alpha value is -3.50. The van der Waals surface area contributed by atoms with Gasteiger partial charge in [-0.2, -0.15) is 35.1 Å². The van der Waals surface area contributed by atoms with Gasteiger partial charge in [-0.25, -0.2) is 9.97 Å². The van der Waals surface area contributed by atoms with Crippen molar-refractivity contribution in [1.82, 2.24) is 14.5 Å². The van der Waals surface area contributed by atoms with Crippen molar-refractivity contribution in [3.05, 3.63) is 78.0 Å². The fourth-order valence-electron chi connectivity index (χ4n) is 3.81. The van der Waals surface area contributed by atoms with Crippen LogP contribution in [0.2, 0.25) is 0 Å². The Bertz CT molecular complexity index is 1360. The Morgan fingerprint density at radius 1 is 0.636 bits per heavy atom. The molecule has 0 bridgehead atoms. The SMILES string of the molecule is FC1(F)c2cc3c(nc2C(F)(F)C(F)(F)C1(F)F)nc(-c1ccccc1)n3-c1ccccc1. The minimum atomic E-state index is -6.37. The highest BCUT2D eigenvalue weighted by atomic mass is 19.4. The average Bonchev–Trinajstić information content (AvgIpc) is 3.17. The van der Waals surface area contributed by atoms with Crippen LogP contribution in [0.1, 0.15) is 11.3 Å². The maximum atomic E-state index is 14.6. The summed E-state index contributed by atoms with van der Waals surface area (Å²) in [6.45, 7) is 0. The molecule has 0 unspecified atom stereocenters. The summed E-state index contributed by atoms with van der Waals surface area (Å²) in [6.07, 6.45) is 0. The van der Waals surface area contributed by atoms with Crippen LogP contribution in [-0.4, -0.2) is 26.4 Å². The molecule has 0 atom stereocenters. The van der Waals surface area contributed by atoms with Crippen molar-refractivity contribution in [2.24, 2.45) is 0 Å². The molecule has 1 aliphatic rings. The molecule has 2 aromatic carbocycles. The number of aromatic nitrogens is 3.